The first-order valence-electron chi connectivity index (χ1n) is 11.9. The standard InChI is InChI=1S/C29H26N2O6/c1-35-21-9-7-19(8-10-21)23-17-37-26-16-22(15-25(32)28(26)29(23)34)36-18-27(33)30-12-4-13-31-14-11-20-5-2-3-6-24(20)31/h2-3,5-11,14-17,32H,4,12-13,18H2,1H3,(H,30,33). The van der Waals surface area contributed by atoms with Gasteiger partial charge in [-0.3, -0.25) is 9.59 Å². The van der Waals surface area contributed by atoms with E-state index in [4.69, 9.17) is 13.9 Å². The van der Waals surface area contributed by atoms with E-state index in [1.165, 1.54) is 23.8 Å². The minimum absolute atomic E-state index is 0.0441. The molecule has 8 nitrogen and oxygen atoms in total. The summed E-state index contributed by atoms with van der Waals surface area (Å²) >= 11 is 0. The SMILES string of the molecule is COc1ccc(-c2coc3cc(OCC(=O)NCCCn4ccc5ccccc54)cc(O)c3c2=O)cc1. The Morgan fingerprint density at radius 1 is 1.05 bits per heavy atom. The highest BCUT2D eigenvalue weighted by Gasteiger charge is 2.15. The van der Waals surface area contributed by atoms with Crippen LogP contribution in [0.2, 0.25) is 0 Å². The molecule has 0 atom stereocenters. The van der Waals surface area contributed by atoms with Crippen LogP contribution in [-0.4, -0.2) is 35.8 Å². The lowest BCUT2D eigenvalue weighted by Gasteiger charge is -2.10. The molecule has 2 N–H and O–H groups in total. The van der Waals surface area contributed by atoms with Gasteiger partial charge in [0.05, 0.1) is 12.7 Å². The minimum atomic E-state index is -0.372. The third-order valence-corrected chi connectivity index (χ3v) is 6.18. The minimum Gasteiger partial charge on any atom is -0.507 e. The van der Waals surface area contributed by atoms with E-state index in [1.54, 1.807) is 31.4 Å². The fraction of sp³-hybridized carbons (Fsp3) is 0.172. The average molecular weight is 499 g/mol. The summed E-state index contributed by atoms with van der Waals surface area (Å²) in [4.78, 5) is 25.3. The first-order valence-corrected chi connectivity index (χ1v) is 11.9. The lowest BCUT2D eigenvalue weighted by Crippen LogP contribution is -2.30. The third-order valence-electron chi connectivity index (χ3n) is 6.18. The Morgan fingerprint density at radius 3 is 2.68 bits per heavy atom. The highest BCUT2D eigenvalue weighted by atomic mass is 16.5. The highest BCUT2D eigenvalue weighted by Crippen LogP contribution is 2.30. The zero-order valence-electron chi connectivity index (χ0n) is 20.3. The second-order valence-electron chi connectivity index (χ2n) is 8.58. The molecule has 0 saturated heterocycles. The number of para-hydroxylation sites is 1. The predicted molar refractivity (Wildman–Crippen MR) is 141 cm³/mol. The number of aromatic hydroxyl groups is 1. The number of nitrogens with zero attached hydrogens (tertiary/aromatic N) is 1. The fourth-order valence-electron chi connectivity index (χ4n) is 4.27. The molecule has 0 unspecified atom stereocenters. The number of aryl methyl sites for hydroxylation is 1. The van der Waals surface area contributed by atoms with Crippen molar-refractivity contribution in [2.24, 2.45) is 0 Å². The molecule has 5 aromatic rings. The van der Waals surface area contributed by atoms with Gasteiger partial charge in [0, 0.05) is 36.9 Å². The molecule has 0 radical (unpaired) electrons. The maximum absolute atomic E-state index is 13.0. The van der Waals surface area contributed by atoms with E-state index < -0.39 is 0 Å². The molecule has 0 fully saturated rings. The molecule has 2 aromatic heterocycles. The molecule has 0 spiro atoms. The molecule has 37 heavy (non-hydrogen) atoms. The lowest BCUT2D eigenvalue weighted by molar-refractivity contribution is -0.123. The van der Waals surface area contributed by atoms with Crippen molar-refractivity contribution in [3.63, 3.8) is 0 Å². The van der Waals surface area contributed by atoms with Crippen molar-refractivity contribution in [3.8, 4) is 28.4 Å². The fourth-order valence-corrected chi connectivity index (χ4v) is 4.27. The molecule has 8 heteroatoms. The lowest BCUT2D eigenvalue weighted by atomic mass is 10.0. The summed E-state index contributed by atoms with van der Waals surface area (Å²) in [5.41, 5.74) is 1.90. The van der Waals surface area contributed by atoms with Crippen LogP contribution in [-0.2, 0) is 11.3 Å². The van der Waals surface area contributed by atoms with Gasteiger partial charge in [0.15, 0.2) is 6.61 Å². The van der Waals surface area contributed by atoms with Gasteiger partial charge in [-0.15, -0.1) is 0 Å². The normalized spacial score (nSPS) is 11.1. The summed E-state index contributed by atoms with van der Waals surface area (Å²) in [6.07, 6.45) is 4.15. The number of phenols is 1. The van der Waals surface area contributed by atoms with Gasteiger partial charge in [0.25, 0.3) is 5.91 Å². The Labute approximate surface area is 212 Å². The monoisotopic (exact) mass is 498 g/mol. The molecule has 1 amide bonds. The molecule has 0 aliphatic carbocycles. The topological polar surface area (TPSA) is 103 Å². The maximum atomic E-state index is 13.0. The van der Waals surface area contributed by atoms with E-state index in [0.29, 0.717) is 23.4 Å². The number of hydrogen-bond donors (Lipinski definition) is 2. The number of phenolic OH excluding ortho intramolecular Hbond substituents is 1. The predicted octanol–water partition coefficient (Wildman–Crippen LogP) is 4.71. The Morgan fingerprint density at radius 2 is 1.86 bits per heavy atom. The first-order chi connectivity index (χ1) is 18.0. The van der Waals surface area contributed by atoms with Crippen LogP contribution in [0, 0.1) is 0 Å². The summed E-state index contributed by atoms with van der Waals surface area (Å²) in [5.74, 6) is 0.320. The van der Waals surface area contributed by atoms with Gasteiger partial charge in [-0.05, 0) is 41.6 Å². The third kappa shape index (κ3) is 5.13. The molecule has 0 aliphatic rings. The second-order valence-corrected chi connectivity index (χ2v) is 8.58. The maximum Gasteiger partial charge on any atom is 0.257 e. The Kier molecular flexibility index (Phi) is 6.81. The molecular weight excluding hydrogens is 472 g/mol. The van der Waals surface area contributed by atoms with Crippen molar-refractivity contribution in [1.82, 2.24) is 9.88 Å². The van der Waals surface area contributed by atoms with Crippen LogP contribution in [0.15, 0.2) is 88.4 Å². The second kappa shape index (κ2) is 10.5. The van der Waals surface area contributed by atoms with Crippen molar-refractivity contribution < 1.29 is 23.8 Å². The Bertz CT molecular complexity index is 1620. The number of aromatic nitrogens is 1. The van der Waals surface area contributed by atoms with Crippen molar-refractivity contribution in [2.75, 3.05) is 20.3 Å². The van der Waals surface area contributed by atoms with Gasteiger partial charge < -0.3 is 28.9 Å². The zero-order valence-corrected chi connectivity index (χ0v) is 20.3. The smallest absolute Gasteiger partial charge is 0.257 e. The number of fused-ring (bicyclic) bond motifs is 2. The summed E-state index contributed by atoms with van der Waals surface area (Å²) in [5, 5.41) is 14.6. The van der Waals surface area contributed by atoms with E-state index >= 15 is 0 Å². The molecule has 0 aliphatic heterocycles. The van der Waals surface area contributed by atoms with Gasteiger partial charge in [-0.2, -0.15) is 0 Å². The largest absolute Gasteiger partial charge is 0.507 e. The summed E-state index contributed by atoms with van der Waals surface area (Å²) in [6.45, 7) is 1.05. The Balaban J connectivity index is 1.19. The number of amides is 1. The van der Waals surface area contributed by atoms with Gasteiger partial charge in [-0.25, -0.2) is 0 Å². The summed E-state index contributed by atoms with van der Waals surface area (Å²) < 4.78 is 18.5. The number of benzene rings is 3. The number of methoxy groups -OCH3 is 1. The molecule has 0 bridgehead atoms. The molecule has 0 saturated carbocycles. The number of ether oxygens (including phenoxy) is 2. The highest BCUT2D eigenvalue weighted by molar-refractivity contribution is 5.88. The van der Waals surface area contributed by atoms with Gasteiger partial charge in [0.2, 0.25) is 5.43 Å². The quantitative estimate of drug-likeness (QED) is 0.285. The summed E-state index contributed by atoms with van der Waals surface area (Å²) in [7, 11) is 1.56. The number of rotatable bonds is 9. The number of nitrogens with one attached hydrogen (secondary N) is 1. The van der Waals surface area contributed by atoms with E-state index in [0.717, 1.165) is 18.5 Å². The van der Waals surface area contributed by atoms with Crippen LogP contribution in [0.4, 0.5) is 0 Å². The summed E-state index contributed by atoms with van der Waals surface area (Å²) in [6, 6.07) is 20.0. The van der Waals surface area contributed by atoms with Crippen molar-refractivity contribution in [3.05, 3.63) is 89.4 Å². The number of hydrogen-bond acceptors (Lipinski definition) is 6. The average Bonchev–Trinajstić information content (AvgIpc) is 3.33. The molecule has 188 valence electrons. The number of carbonyl (C=O) groups is 1. The molecule has 5 rings (SSSR count). The first kappa shape index (κ1) is 24.0. The zero-order chi connectivity index (χ0) is 25.8. The van der Waals surface area contributed by atoms with Crippen LogP contribution in [0.3, 0.4) is 0 Å². The van der Waals surface area contributed by atoms with Gasteiger partial charge >= 0.3 is 0 Å². The van der Waals surface area contributed by atoms with Gasteiger partial charge in [0.1, 0.15) is 34.5 Å². The molecule has 2 heterocycles. The van der Waals surface area contributed by atoms with Crippen LogP contribution >= 0.6 is 0 Å². The van der Waals surface area contributed by atoms with Crippen molar-refractivity contribution >= 4 is 27.8 Å². The Hall–Kier alpha value is -4.72. The van der Waals surface area contributed by atoms with Crippen LogP contribution in [0.5, 0.6) is 17.2 Å². The van der Waals surface area contributed by atoms with E-state index in [2.05, 4.69) is 28.1 Å². The molecular formula is C29H26N2O6. The van der Waals surface area contributed by atoms with Crippen molar-refractivity contribution in [2.45, 2.75) is 13.0 Å². The van der Waals surface area contributed by atoms with Crippen LogP contribution < -0.4 is 20.2 Å². The molecule has 3 aromatic carbocycles. The van der Waals surface area contributed by atoms with E-state index in [-0.39, 0.29) is 40.4 Å². The van der Waals surface area contributed by atoms with E-state index in [1.807, 2.05) is 18.3 Å². The van der Waals surface area contributed by atoms with Gasteiger partial charge in [-0.1, -0.05) is 30.3 Å². The number of carbonyl (C=O) groups excluding carboxylic acids is 1. The van der Waals surface area contributed by atoms with Crippen molar-refractivity contribution in [1.29, 1.82) is 0 Å². The van der Waals surface area contributed by atoms with Crippen LogP contribution in [0.25, 0.3) is 33.0 Å². The van der Waals surface area contributed by atoms with Crippen LogP contribution in [0.1, 0.15) is 6.42 Å². The van der Waals surface area contributed by atoms with E-state index in [9.17, 15) is 14.7 Å².